The van der Waals surface area contributed by atoms with Crippen molar-refractivity contribution in [2.45, 2.75) is 32.5 Å². The van der Waals surface area contributed by atoms with Crippen molar-refractivity contribution in [3.63, 3.8) is 0 Å². The predicted octanol–water partition coefficient (Wildman–Crippen LogP) is 4.16. The van der Waals surface area contributed by atoms with Gasteiger partial charge in [0.15, 0.2) is 15.6 Å². The fourth-order valence-corrected chi connectivity index (χ4v) is 6.62. The Morgan fingerprint density at radius 1 is 1.16 bits per heavy atom. The van der Waals surface area contributed by atoms with E-state index in [0.717, 1.165) is 11.8 Å². The number of ether oxygens (including phenoxy) is 1. The zero-order valence-corrected chi connectivity index (χ0v) is 18.1. The average molecular weight is 467 g/mol. The van der Waals surface area contributed by atoms with E-state index in [1.165, 1.54) is 42.5 Å². The van der Waals surface area contributed by atoms with Gasteiger partial charge in [-0.3, -0.25) is 14.5 Å². The molecule has 0 bridgehead atoms. The number of hydrogen-bond acceptors (Lipinski definition) is 5. The number of sulfone groups is 1. The lowest BCUT2D eigenvalue weighted by Crippen LogP contribution is -2.47. The van der Waals surface area contributed by atoms with Gasteiger partial charge in [-0.1, -0.05) is 13.0 Å². The normalized spacial score (nSPS) is 23.1. The zero-order valence-electron chi connectivity index (χ0n) is 17.3. The van der Waals surface area contributed by atoms with Crippen LogP contribution in [0.5, 0.6) is 5.75 Å². The van der Waals surface area contributed by atoms with E-state index in [-0.39, 0.29) is 52.0 Å². The van der Waals surface area contributed by atoms with Crippen molar-refractivity contribution in [3.8, 4) is 5.75 Å². The summed E-state index contributed by atoms with van der Waals surface area (Å²) in [6.45, 7) is -0.278. The second kappa shape index (κ2) is 7.33. The molecular formula is C22H20F3NO5S. The number of halogens is 3. The molecule has 2 heterocycles. The number of alkyl halides is 3. The highest BCUT2D eigenvalue weighted by atomic mass is 32.2. The maximum Gasteiger partial charge on any atom is 0.387 e. The van der Waals surface area contributed by atoms with Gasteiger partial charge in [0.05, 0.1) is 22.9 Å². The van der Waals surface area contributed by atoms with Gasteiger partial charge in [-0.25, -0.2) is 12.8 Å². The summed E-state index contributed by atoms with van der Waals surface area (Å²) in [6.07, 6.45) is -0.0152. The number of nitrogens with zero attached hydrogens (tertiary/aromatic N) is 1. The summed E-state index contributed by atoms with van der Waals surface area (Å²) in [6, 6.07) is 9.51. The predicted molar refractivity (Wildman–Crippen MR) is 111 cm³/mol. The number of carbonyl (C=O) groups is 2. The van der Waals surface area contributed by atoms with Gasteiger partial charge in [-0.05, 0) is 37.3 Å². The van der Waals surface area contributed by atoms with Crippen molar-refractivity contribution < 1.29 is 35.9 Å². The number of fused-ring (bicyclic) bond motifs is 1. The molecule has 0 saturated carbocycles. The first-order chi connectivity index (χ1) is 14.8. The molecule has 0 aromatic heterocycles. The number of hydrogen-bond donors (Lipinski definition) is 0. The van der Waals surface area contributed by atoms with Gasteiger partial charge in [0.2, 0.25) is 5.67 Å². The van der Waals surface area contributed by atoms with Crippen molar-refractivity contribution >= 4 is 32.9 Å². The smallest absolute Gasteiger partial charge is 0.387 e. The summed E-state index contributed by atoms with van der Waals surface area (Å²) in [5, 5.41) is 0. The Labute approximate surface area is 182 Å². The van der Waals surface area contributed by atoms with E-state index in [1.807, 2.05) is 0 Å². The molecule has 0 spiro atoms. The molecule has 1 unspecified atom stereocenters. The SMILES string of the molecule is CC1(CC(=O)c2ccc3c(c2)C(C)(F)C(=O)N3c2cccc(OC(F)F)c2)CS(=O)(=O)C1. The highest BCUT2D eigenvalue weighted by molar-refractivity contribution is 7.92. The van der Waals surface area contributed by atoms with Crippen molar-refractivity contribution in [1.82, 2.24) is 0 Å². The van der Waals surface area contributed by atoms with Gasteiger partial charge in [-0.15, -0.1) is 0 Å². The number of anilines is 2. The molecule has 0 radical (unpaired) electrons. The highest BCUT2D eigenvalue weighted by Gasteiger charge is 2.50. The Kier molecular flexibility index (Phi) is 5.11. The Hall–Kier alpha value is -2.88. The molecule has 0 aliphatic carbocycles. The standard InChI is InChI=1S/C22H20F3NO5S/c1-21(11-32(29,30)12-21)10-18(27)13-6-7-17-16(8-13)22(2,25)19(28)26(17)14-4-3-5-15(9-14)31-20(23)24/h3-9,20H,10-12H2,1-2H3. The van der Waals surface area contributed by atoms with E-state index in [1.54, 1.807) is 6.92 Å². The van der Waals surface area contributed by atoms with Gasteiger partial charge in [0.1, 0.15) is 5.75 Å². The van der Waals surface area contributed by atoms with E-state index >= 15 is 4.39 Å². The van der Waals surface area contributed by atoms with Crippen molar-refractivity contribution in [2.24, 2.45) is 5.41 Å². The van der Waals surface area contributed by atoms with Crippen LogP contribution in [-0.2, 0) is 20.3 Å². The molecule has 1 atom stereocenters. The molecule has 1 saturated heterocycles. The Morgan fingerprint density at radius 3 is 2.47 bits per heavy atom. The van der Waals surface area contributed by atoms with E-state index in [4.69, 9.17) is 0 Å². The lowest BCUT2D eigenvalue weighted by molar-refractivity contribution is -0.127. The summed E-state index contributed by atoms with van der Waals surface area (Å²) in [5.41, 5.74) is -2.65. The minimum atomic E-state index is -3.12. The van der Waals surface area contributed by atoms with Gasteiger partial charge >= 0.3 is 6.61 Å². The largest absolute Gasteiger partial charge is 0.435 e. The molecule has 6 nitrogen and oxygen atoms in total. The second-order valence-corrected chi connectivity index (χ2v) is 10.8. The van der Waals surface area contributed by atoms with Gasteiger partial charge in [-0.2, -0.15) is 8.78 Å². The van der Waals surface area contributed by atoms with E-state index in [2.05, 4.69) is 4.74 Å². The fraction of sp³-hybridized carbons (Fsp3) is 0.364. The maximum atomic E-state index is 15.5. The highest BCUT2D eigenvalue weighted by Crippen LogP contribution is 2.47. The number of benzene rings is 2. The van der Waals surface area contributed by atoms with Crippen LogP contribution < -0.4 is 9.64 Å². The summed E-state index contributed by atoms with van der Waals surface area (Å²) < 4.78 is 67.9. The van der Waals surface area contributed by atoms with Crippen LogP contribution in [0.3, 0.4) is 0 Å². The number of amides is 1. The van der Waals surface area contributed by atoms with Crippen molar-refractivity contribution in [1.29, 1.82) is 0 Å². The number of carbonyl (C=O) groups excluding carboxylic acids is 2. The Balaban J connectivity index is 1.66. The van der Waals surface area contributed by atoms with Gasteiger partial charge in [0, 0.05) is 29.0 Å². The van der Waals surface area contributed by atoms with Crippen LogP contribution in [0.25, 0.3) is 0 Å². The van der Waals surface area contributed by atoms with E-state index in [9.17, 15) is 26.8 Å². The van der Waals surface area contributed by atoms with Gasteiger partial charge in [0.25, 0.3) is 5.91 Å². The van der Waals surface area contributed by atoms with E-state index < -0.39 is 33.4 Å². The quantitative estimate of drug-likeness (QED) is 0.596. The average Bonchev–Trinajstić information content (AvgIpc) is 2.85. The maximum absolute atomic E-state index is 15.5. The summed E-state index contributed by atoms with van der Waals surface area (Å²) in [5.74, 6) is -1.63. The van der Waals surface area contributed by atoms with Crippen LogP contribution in [0.2, 0.25) is 0 Å². The molecule has 2 aliphatic heterocycles. The molecule has 10 heteroatoms. The summed E-state index contributed by atoms with van der Waals surface area (Å²) in [4.78, 5) is 26.7. The summed E-state index contributed by atoms with van der Waals surface area (Å²) >= 11 is 0. The zero-order chi connectivity index (χ0) is 23.5. The first kappa shape index (κ1) is 22.3. The molecule has 4 rings (SSSR count). The fourth-order valence-electron chi connectivity index (χ4n) is 4.38. The Morgan fingerprint density at radius 2 is 1.84 bits per heavy atom. The molecule has 0 N–H and O–H groups in total. The van der Waals surface area contributed by atoms with Crippen LogP contribution in [-0.4, -0.2) is 38.2 Å². The van der Waals surface area contributed by atoms with Crippen molar-refractivity contribution in [2.75, 3.05) is 16.4 Å². The molecule has 1 fully saturated rings. The topological polar surface area (TPSA) is 80.8 Å². The molecule has 2 aliphatic rings. The molecule has 2 aromatic rings. The minimum Gasteiger partial charge on any atom is -0.435 e. The number of Topliss-reactive ketones (excluding diaryl/α,β-unsaturated/α-hetero) is 1. The van der Waals surface area contributed by atoms with Crippen molar-refractivity contribution in [3.05, 3.63) is 53.6 Å². The number of rotatable bonds is 6. The van der Waals surface area contributed by atoms with Crippen LogP contribution in [0.1, 0.15) is 36.2 Å². The summed E-state index contributed by atoms with van der Waals surface area (Å²) in [7, 11) is -3.12. The minimum absolute atomic E-state index is 0.0152. The monoisotopic (exact) mass is 467 g/mol. The molecular weight excluding hydrogens is 447 g/mol. The third-order valence-electron chi connectivity index (χ3n) is 5.70. The molecule has 32 heavy (non-hydrogen) atoms. The Bertz CT molecular complexity index is 1210. The van der Waals surface area contributed by atoms with Gasteiger partial charge < -0.3 is 4.74 Å². The number of ketones is 1. The first-order valence-corrected chi connectivity index (χ1v) is 11.6. The molecule has 1 amide bonds. The van der Waals surface area contributed by atoms with Crippen LogP contribution in [0, 0.1) is 5.41 Å². The molecule has 2 aromatic carbocycles. The van der Waals surface area contributed by atoms with Crippen LogP contribution in [0.15, 0.2) is 42.5 Å². The first-order valence-electron chi connectivity index (χ1n) is 9.78. The second-order valence-electron chi connectivity index (χ2n) is 8.69. The van der Waals surface area contributed by atoms with Crippen LogP contribution >= 0.6 is 0 Å². The third-order valence-corrected chi connectivity index (χ3v) is 7.97. The van der Waals surface area contributed by atoms with E-state index in [0.29, 0.717) is 0 Å². The van der Waals surface area contributed by atoms with Crippen LogP contribution in [0.4, 0.5) is 24.5 Å². The molecule has 170 valence electrons. The lowest BCUT2D eigenvalue weighted by atomic mass is 9.85. The third kappa shape index (κ3) is 3.87. The lowest BCUT2D eigenvalue weighted by Gasteiger charge is -2.37.